The topological polar surface area (TPSA) is 75.7 Å². The molecule has 1 saturated heterocycles. The lowest BCUT2D eigenvalue weighted by atomic mass is 9.98. The molecule has 2 atom stereocenters. The van der Waals surface area contributed by atoms with Gasteiger partial charge in [-0.1, -0.05) is 30.3 Å². The summed E-state index contributed by atoms with van der Waals surface area (Å²) in [5.41, 5.74) is 1.01. The summed E-state index contributed by atoms with van der Waals surface area (Å²) in [6, 6.07) is 9.10. The van der Waals surface area contributed by atoms with Gasteiger partial charge in [-0.15, -0.1) is 0 Å². The minimum Gasteiger partial charge on any atom is -0.466 e. The number of ether oxygens (including phenoxy) is 1. The van der Waals surface area contributed by atoms with E-state index in [-0.39, 0.29) is 30.1 Å². The van der Waals surface area contributed by atoms with E-state index in [1.165, 1.54) is 6.92 Å². The van der Waals surface area contributed by atoms with Gasteiger partial charge < -0.3 is 10.1 Å². The van der Waals surface area contributed by atoms with Gasteiger partial charge in [0.15, 0.2) is 5.78 Å². The molecule has 26 heavy (non-hydrogen) atoms. The monoisotopic (exact) mass is 360 g/mol. The maximum absolute atomic E-state index is 12.4. The van der Waals surface area contributed by atoms with E-state index >= 15 is 0 Å². The molecule has 2 rings (SSSR count). The van der Waals surface area contributed by atoms with Gasteiger partial charge in [0.05, 0.1) is 25.1 Å². The number of nitrogens with zero attached hydrogens (tertiary/aromatic N) is 1. The fourth-order valence-electron chi connectivity index (χ4n) is 3.24. The Morgan fingerprint density at radius 2 is 2.00 bits per heavy atom. The number of esters is 1. The second-order valence-electron chi connectivity index (χ2n) is 6.75. The number of nitrogens with one attached hydrogen (secondary N) is 1. The van der Waals surface area contributed by atoms with E-state index in [0.717, 1.165) is 24.9 Å². The van der Waals surface area contributed by atoms with Crippen LogP contribution in [0.3, 0.4) is 0 Å². The van der Waals surface area contributed by atoms with Crippen LogP contribution in [0.2, 0.25) is 0 Å². The summed E-state index contributed by atoms with van der Waals surface area (Å²) in [5.74, 6) is -0.622. The van der Waals surface area contributed by atoms with Crippen molar-refractivity contribution in [3.8, 4) is 0 Å². The number of benzene rings is 1. The van der Waals surface area contributed by atoms with Crippen molar-refractivity contribution in [3.63, 3.8) is 0 Å². The highest BCUT2D eigenvalue weighted by Crippen LogP contribution is 2.17. The Hall–Kier alpha value is -2.21. The highest BCUT2D eigenvalue weighted by molar-refractivity contribution is 5.88. The molecule has 6 nitrogen and oxygen atoms in total. The summed E-state index contributed by atoms with van der Waals surface area (Å²) < 4.78 is 5.09. The number of carbonyl (C=O) groups excluding carboxylic acids is 3. The van der Waals surface area contributed by atoms with Crippen molar-refractivity contribution in [2.75, 3.05) is 26.2 Å². The molecule has 1 aliphatic heterocycles. The van der Waals surface area contributed by atoms with Crippen LogP contribution in [0.4, 0.5) is 0 Å². The number of hydrogen-bond acceptors (Lipinski definition) is 5. The van der Waals surface area contributed by atoms with Crippen molar-refractivity contribution < 1.29 is 19.1 Å². The number of likely N-dealkylation sites (tertiary alicyclic amines) is 1. The van der Waals surface area contributed by atoms with Gasteiger partial charge in [-0.2, -0.15) is 0 Å². The van der Waals surface area contributed by atoms with Crippen molar-refractivity contribution in [1.29, 1.82) is 0 Å². The van der Waals surface area contributed by atoms with E-state index in [9.17, 15) is 14.4 Å². The lowest BCUT2D eigenvalue weighted by Gasteiger charge is -2.31. The third kappa shape index (κ3) is 6.26. The van der Waals surface area contributed by atoms with Crippen LogP contribution in [0.15, 0.2) is 30.3 Å². The van der Waals surface area contributed by atoms with Crippen molar-refractivity contribution in [1.82, 2.24) is 10.2 Å². The lowest BCUT2D eigenvalue weighted by molar-refractivity contribution is -0.150. The maximum Gasteiger partial charge on any atom is 0.310 e. The summed E-state index contributed by atoms with van der Waals surface area (Å²) in [5, 5.41) is 2.84. The van der Waals surface area contributed by atoms with E-state index in [4.69, 9.17) is 4.74 Å². The molecule has 1 amide bonds. The zero-order valence-corrected chi connectivity index (χ0v) is 15.6. The molecule has 1 heterocycles. The minimum absolute atomic E-state index is 0.0646. The first-order chi connectivity index (χ1) is 12.5. The van der Waals surface area contributed by atoms with Crippen LogP contribution in [0, 0.1) is 5.92 Å². The Morgan fingerprint density at radius 3 is 2.65 bits per heavy atom. The molecular formula is C20H28N2O4. The van der Waals surface area contributed by atoms with Gasteiger partial charge in [-0.05, 0) is 45.2 Å². The number of Topliss-reactive ketones (excluding diaryl/α,β-unsaturated/α-hetero) is 1. The number of amides is 1. The van der Waals surface area contributed by atoms with E-state index < -0.39 is 6.04 Å². The van der Waals surface area contributed by atoms with Crippen LogP contribution in [0.1, 0.15) is 32.3 Å². The number of piperidine rings is 1. The smallest absolute Gasteiger partial charge is 0.310 e. The number of rotatable bonds is 8. The molecule has 0 aromatic heterocycles. The minimum atomic E-state index is -0.532. The third-order valence-corrected chi connectivity index (χ3v) is 4.60. The molecule has 0 bridgehead atoms. The van der Waals surface area contributed by atoms with E-state index in [2.05, 4.69) is 5.32 Å². The first-order valence-electron chi connectivity index (χ1n) is 9.22. The molecule has 6 heteroatoms. The predicted octanol–water partition coefficient (Wildman–Crippen LogP) is 1.58. The van der Waals surface area contributed by atoms with Crippen LogP contribution < -0.4 is 5.32 Å². The van der Waals surface area contributed by atoms with Crippen molar-refractivity contribution in [2.45, 2.75) is 39.2 Å². The molecule has 1 aliphatic rings. The van der Waals surface area contributed by atoms with Gasteiger partial charge in [0.1, 0.15) is 0 Å². The Labute approximate surface area is 154 Å². The molecule has 0 radical (unpaired) electrons. The molecular weight excluding hydrogens is 332 g/mol. The molecule has 1 fully saturated rings. The zero-order chi connectivity index (χ0) is 18.9. The van der Waals surface area contributed by atoms with Gasteiger partial charge in [0, 0.05) is 6.54 Å². The Bertz CT molecular complexity index is 617. The van der Waals surface area contributed by atoms with Crippen LogP contribution in [0.5, 0.6) is 0 Å². The molecule has 1 aromatic carbocycles. The fourth-order valence-corrected chi connectivity index (χ4v) is 3.24. The molecule has 0 aliphatic carbocycles. The predicted molar refractivity (Wildman–Crippen MR) is 98.6 cm³/mol. The van der Waals surface area contributed by atoms with Crippen LogP contribution in [0.25, 0.3) is 0 Å². The average Bonchev–Trinajstić information content (AvgIpc) is 2.62. The van der Waals surface area contributed by atoms with Crippen LogP contribution >= 0.6 is 0 Å². The van der Waals surface area contributed by atoms with Crippen LogP contribution in [-0.2, 0) is 25.5 Å². The van der Waals surface area contributed by atoms with Crippen molar-refractivity contribution in [3.05, 3.63) is 35.9 Å². The first-order valence-corrected chi connectivity index (χ1v) is 9.22. The third-order valence-electron chi connectivity index (χ3n) is 4.60. The summed E-state index contributed by atoms with van der Waals surface area (Å²) in [6.07, 6.45) is 2.13. The summed E-state index contributed by atoms with van der Waals surface area (Å²) in [7, 11) is 0. The molecule has 1 aromatic rings. The van der Waals surface area contributed by atoms with Crippen molar-refractivity contribution in [2.24, 2.45) is 5.92 Å². The number of ketones is 1. The highest BCUT2D eigenvalue weighted by atomic mass is 16.5. The Balaban J connectivity index is 1.87. The van der Waals surface area contributed by atoms with Crippen LogP contribution in [-0.4, -0.2) is 54.8 Å². The van der Waals surface area contributed by atoms with Gasteiger partial charge >= 0.3 is 5.97 Å². The fraction of sp³-hybridized carbons (Fsp3) is 0.550. The Morgan fingerprint density at radius 1 is 1.27 bits per heavy atom. The van der Waals surface area contributed by atoms with Crippen molar-refractivity contribution >= 4 is 17.7 Å². The second kappa shape index (κ2) is 10.1. The summed E-state index contributed by atoms with van der Waals surface area (Å²) in [4.78, 5) is 38.2. The van der Waals surface area contributed by atoms with Gasteiger partial charge in [0.2, 0.25) is 5.91 Å². The molecule has 0 spiro atoms. The molecule has 1 N–H and O–H groups in total. The standard InChI is InChI=1S/C20H28N2O4/c1-3-26-20(25)17-10-7-11-22(13-17)14-19(24)21-18(15(2)23)12-16-8-5-4-6-9-16/h4-6,8-9,17-18H,3,7,10-14H2,1-2H3,(H,21,24)/t17-,18+/m1/s1. The second-order valence-corrected chi connectivity index (χ2v) is 6.75. The van der Waals surface area contributed by atoms with E-state index in [1.54, 1.807) is 6.92 Å². The Kier molecular flexibility index (Phi) is 7.78. The van der Waals surface area contributed by atoms with Gasteiger partial charge in [-0.3, -0.25) is 19.3 Å². The normalized spacial score (nSPS) is 18.8. The maximum atomic E-state index is 12.4. The van der Waals surface area contributed by atoms with Gasteiger partial charge in [0.25, 0.3) is 0 Å². The summed E-state index contributed by atoms with van der Waals surface area (Å²) >= 11 is 0. The lowest BCUT2D eigenvalue weighted by Crippen LogP contribution is -2.48. The van der Waals surface area contributed by atoms with E-state index in [0.29, 0.717) is 19.6 Å². The number of carbonyl (C=O) groups is 3. The molecule has 0 unspecified atom stereocenters. The zero-order valence-electron chi connectivity index (χ0n) is 15.6. The first kappa shape index (κ1) is 20.1. The quantitative estimate of drug-likeness (QED) is 0.713. The molecule has 142 valence electrons. The molecule has 0 saturated carbocycles. The van der Waals surface area contributed by atoms with E-state index in [1.807, 2.05) is 35.2 Å². The number of hydrogen-bond donors (Lipinski definition) is 1. The highest BCUT2D eigenvalue weighted by Gasteiger charge is 2.28. The van der Waals surface area contributed by atoms with Gasteiger partial charge in [-0.25, -0.2) is 0 Å². The average molecular weight is 360 g/mol. The largest absolute Gasteiger partial charge is 0.466 e. The SMILES string of the molecule is CCOC(=O)[C@@H]1CCCN(CC(=O)N[C@@H](Cc2ccccc2)C(C)=O)C1. The summed E-state index contributed by atoms with van der Waals surface area (Å²) in [6.45, 7) is 5.14.